The van der Waals surface area contributed by atoms with E-state index < -0.39 is 0 Å². The highest BCUT2D eigenvalue weighted by atomic mass is 19.1. The first kappa shape index (κ1) is 20.3. The summed E-state index contributed by atoms with van der Waals surface area (Å²) in [5.41, 5.74) is 2.86. The standard InChI is InChI=1S/C24H23FN6O/c1-30-10-8-20(9-11-30)31-15-18(14-27-31)21-7-4-17-13-26-23(12-22(17)28-21)29-24(32)16-2-5-19(25)6-3-16/h2-7,12-15,20H,8-11H2,1H3,(H,26,29,32). The molecule has 1 aliphatic heterocycles. The number of anilines is 1. The molecule has 162 valence electrons. The van der Waals surface area contributed by atoms with Crippen molar-refractivity contribution in [3.8, 4) is 11.3 Å². The van der Waals surface area contributed by atoms with E-state index in [4.69, 9.17) is 4.98 Å². The van der Waals surface area contributed by atoms with Crippen molar-refractivity contribution < 1.29 is 9.18 Å². The van der Waals surface area contributed by atoms with E-state index in [-0.39, 0.29) is 11.7 Å². The molecule has 1 aromatic carbocycles. The quantitative estimate of drug-likeness (QED) is 0.526. The molecule has 0 bridgehead atoms. The zero-order chi connectivity index (χ0) is 22.1. The molecule has 0 radical (unpaired) electrons. The smallest absolute Gasteiger partial charge is 0.256 e. The maximum Gasteiger partial charge on any atom is 0.256 e. The molecule has 1 fully saturated rings. The minimum atomic E-state index is -0.388. The van der Waals surface area contributed by atoms with Crippen molar-refractivity contribution in [3.05, 3.63) is 72.4 Å². The first-order valence-corrected chi connectivity index (χ1v) is 10.6. The Morgan fingerprint density at radius 1 is 1.09 bits per heavy atom. The number of halogens is 1. The predicted octanol–water partition coefficient (Wildman–Crippen LogP) is 4.15. The van der Waals surface area contributed by atoms with Gasteiger partial charge in [-0.1, -0.05) is 0 Å². The Bertz CT molecular complexity index is 1260. The lowest BCUT2D eigenvalue weighted by molar-refractivity contribution is 0.102. The number of likely N-dealkylation sites (tertiary alicyclic amines) is 1. The zero-order valence-electron chi connectivity index (χ0n) is 17.7. The monoisotopic (exact) mass is 430 g/mol. The Morgan fingerprint density at radius 2 is 1.88 bits per heavy atom. The number of nitrogens with one attached hydrogen (secondary N) is 1. The summed E-state index contributed by atoms with van der Waals surface area (Å²) in [6.45, 7) is 2.15. The topological polar surface area (TPSA) is 75.9 Å². The van der Waals surface area contributed by atoms with E-state index in [1.54, 1.807) is 12.3 Å². The molecule has 5 rings (SSSR count). The van der Waals surface area contributed by atoms with Crippen LogP contribution in [-0.2, 0) is 0 Å². The number of carbonyl (C=O) groups is 1. The second kappa shape index (κ2) is 8.47. The molecule has 1 amide bonds. The Balaban J connectivity index is 1.36. The number of aromatic nitrogens is 4. The number of hydrogen-bond acceptors (Lipinski definition) is 5. The van der Waals surface area contributed by atoms with Crippen LogP contribution < -0.4 is 5.32 Å². The van der Waals surface area contributed by atoms with E-state index in [0.717, 1.165) is 48.1 Å². The SMILES string of the molecule is CN1CCC(n2cc(-c3ccc4cnc(NC(=O)c5ccc(F)cc5)cc4n3)cn2)CC1. The molecule has 8 heteroatoms. The van der Waals surface area contributed by atoms with Gasteiger partial charge in [-0.2, -0.15) is 5.10 Å². The van der Waals surface area contributed by atoms with Crippen molar-refractivity contribution in [1.82, 2.24) is 24.6 Å². The molecule has 1 N–H and O–H groups in total. The van der Waals surface area contributed by atoms with Gasteiger partial charge in [0.1, 0.15) is 11.6 Å². The summed E-state index contributed by atoms with van der Waals surface area (Å²) < 4.78 is 15.1. The lowest BCUT2D eigenvalue weighted by Crippen LogP contribution is -2.31. The number of piperidine rings is 1. The first-order valence-electron chi connectivity index (χ1n) is 10.6. The first-order chi connectivity index (χ1) is 15.5. The van der Waals surface area contributed by atoms with Crippen molar-refractivity contribution in [2.45, 2.75) is 18.9 Å². The third-order valence-corrected chi connectivity index (χ3v) is 5.88. The van der Waals surface area contributed by atoms with Crippen molar-refractivity contribution >= 4 is 22.6 Å². The maximum absolute atomic E-state index is 13.1. The van der Waals surface area contributed by atoms with Crippen LogP contribution in [0.4, 0.5) is 10.2 Å². The summed E-state index contributed by atoms with van der Waals surface area (Å²) in [7, 11) is 2.15. The van der Waals surface area contributed by atoms with E-state index in [1.807, 2.05) is 18.3 Å². The van der Waals surface area contributed by atoms with Gasteiger partial charge in [0.25, 0.3) is 5.91 Å². The summed E-state index contributed by atoms with van der Waals surface area (Å²) in [4.78, 5) is 23.8. The second-order valence-corrected chi connectivity index (χ2v) is 8.16. The lowest BCUT2D eigenvalue weighted by atomic mass is 10.1. The maximum atomic E-state index is 13.1. The van der Waals surface area contributed by atoms with Crippen molar-refractivity contribution in [3.63, 3.8) is 0 Å². The van der Waals surface area contributed by atoms with Gasteiger partial charge >= 0.3 is 0 Å². The van der Waals surface area contributed by atoms with E-state index in [0.29, 0.717) is 17.4 Å². The minimum absolute atomic E-state index is 0.354. The number of carbonyl (C=O) groups excluding carboxylic acids is 1. The third kappa shape index (κ3) is 4.22. The Labute approximate surface area is 184 Å². The second-order valence-electron chi connectivity index (χ2n) is 8.16. The van der Waals surface area contributed by atoms with Gasteiger partial charge in [-0.05, 0) is 69.4 Å². The van der Waals surface area contributed by atoms with E-state index in [1.165, 1.54) is 24.3 Å². The fourth-order valence-electron chi connectivity index (χ4n) is 3.96. The number of nitrogens with zero attached hydrogens (tertiary/aromatic N) is 5. The van der Waals surface area contributed by atoms with Gasteiger partial charge in [-0.25, -0.2) is 14.4 Å². The van der Waals surface area contributed by atoms with Gasteiger partial charge in [-0.3, -0.25) is 9.48 Å². The Kier molecular flexibility index (Phi) is 5.36. The average molecular weight is 430 g/mol. The predicted molar refractivity (Wildman–Crippen MR) is 121 cm³/mol. The molecule has 4 aromatic rings. The average Bonchev–Trinajstić information content (AvgIpc) is 3.30. The molecule has 0 spiro atoms. The van der Waals surface area contributed by atoms with Crippen molar-refractivity contribution in [1.29, 1.82) is 0 Å². The van der Waals surface area contributed by atoms with Gasteiger partial charge in [0.2, 0.25) is 0 Å². The van der Waals surface area contributed by atoms with Crippen molar-refractivity contribution in [2.24, 2.45) is 0 Å². The number of fused-ring (bicyclic) bond motifs is 1. The molecule has 1 aliphatic rings. The van der Waals surface area contributed by atoms with Crippen LogP contribution in [0.1, 0.15) is 29.2 Å². The summed E-state index contributed by atoms with van der Waals surface area (Å²) >= 11 is 0. The van der Waals surface area contributed by atoms with Gasteiger partial charge in [-0.15, -0.1) is 0 Å². The van der Waals surface area contributed by atoms with Crippen LogP contribution in [0.25, 0.3) is 22.2 Å². The fourth-order valence-corrected chi connectivity index (χ4v) is 3.96. The van der Waals surface area contributed by atoms with Crippen LogP contribution in [0.3, 0.4) is 0 Å². The number of benzene rings is 1. The molecule has 1 saturated heterocycles. The van der Waals surface area contributed by atoms with Crippen molar-refractivity contribution in [2.75, 3.05) is 25.5 Å². The zero-order valence-corrected chi connectivity index (χ0v) is 17.7. The van der Waals surface area contributed by atoms with Crippen LogP contribution in [0.15, 0.2) is 61.1 Å². The molecule has 0 atom stereocenters. The van der Waals surface area contributed by atoms with E-state index in [2.05, 4.69) is 38.2 Å². The summed E-state index contributed by atoms with van der Waals surface area (Å²) in [5.74, 6) is -0.354. The molecular formula is C24H23FN6O. The number of pyridine rings is 2. The molecule has 3 aromatic heterocycles. The van der Waals surface area contributed by atoms with Crippen LogP contribution in [0.5, 0.6) is 0 Å². The molecule has 7 nitrogen and oxygen atoms in total. The normalized spacial score (nSPS) is 15.2. The Morgan fingerprint density at radius 3 is 2.66 bits per heavy atom. The lowest BCUT2D eigenvalue weighted by Gasteiger charge is -2.28. The number of amides is 1. The van der Waals surface area contributed by atoms with Gasteiger partial charge < -0.3 is 10.2 Å². The molecule has 0 aliphatic carbocycles. The summed E-state index contributed by atoms with van der Waals surface area (Å²) in [6.07, 6.45) is 7.76. The van der Waals surface area contributed by atoms with E-state index in [9.17, 15) is 9.18 Å². The van der Waals surface area contributed by atoms with Gasteiger partial charge in [0.05, 0.1) is 23.4 Å². The molecule has 0 saturated carbocycles. The highest BCUT2D eigenvalue weighted by Crippen LogP contribution is 2.26. The minimum Gasteiger partial charge on any atom is -0.307 e. The number of hydrogen-bond donors (Lipinski definition) is 1. The molecule has 0 unspecified atom stereocenters. The van der Waals surface area contributed by atoms with E-state index >= 15 is 0 Å². The summed E-state index contributed by atoms with van der Waals surface area (Å²) in [5, 5.41) is 8.20. The third-order valence-electron chi connectivity index (χ3n) is 5.88. The highest BCUT2D eigenvalue weighted by Gasteiger charge is 2.19. The van der Waals surface area contributed by atoms with Crippen LogP contribution >= 0.6 is 0 Å². The highest BCUT2D eigenvalue weighted by molar-refractivity contribution is 6.04. The largest absolute Gasteiger partial charge is 0.307 e. The van der Waals surface area contributed by atoms with Crippen LogP contribution in [0, 0.1) is 5.82 Å². The van der Waals surface area contributed by atoms with Crippen LogP contribution in [0.2, 0.25) is 0 Å². The summed E-state index contributed by atoms with van der Waals surface area (Å²) in [6, 6.07) is 11.4. The molecule has 32 heavy (non-hydrogen) atoms. The Hall–Kier alpha value is -3.65. The number of rotatable bonds is 4. The van der Waals surface area contributed by atoms with Gasteiger partial charge in [0.15, 0.2) is 0 Å². The fraction of sp³-hybridized carbons (Fsp3) is 0.250. The molecular weight excluding hydrogens is 407 g/mol. The molecule has 4 heterocycles. The van der Waals surface area contributed by atoms with Gasteiger partial charge in [0, 0.05) is 35.0 Å². The van der Waals surface area contributed by atoms with Crippen LogP contribution in [-0.4, -0.2) is 50.7 Å².